The molecule has 0 aliphatic rings. The normalized spacial score (nSPS) is 12.2. The zero-order chi connectivity index (χ0) is 14.0. The highest BCUT2D eigenvalue weighted by Crippen LogP contribution is 2.28. The van der Waals surface area contributed by atoms with E-state index in [1.165, 1.54) is 11.6 Å². The summed E-state index contributed by atoms with van der Waals surface area (Å²) in [5.74, 6) is -0.432. The fraction of sp³-hybridized carbons (Fsp3) is 0.250. The number of benzene rings is 2. The lowest BCUT2D eigenvalue weighted by atomic mass is 10.1. The largest absolute Gasteiger partial charge is 0.508 e. The van der Waals surface area contributed by atoms with Gasteiger partial charge >= 0.3 is 0 Å². The van der Waals surface area contributed by atoms with Gasteiger partial charge in [-0.3, -0.25) is 0 Å². The second-order valence-corrected chi connectivity index (χ2v) is 4.83. The highest BCUT2D eigenvalue weighted by molar-refractivity contribution is 5.49. The fourth-order valence-electron chi connectivity index (χ4n) is 2.07. The molecule has 1 unspecified atom stereocenters. The summed E-state index contributed by atoms with van der Waals surface area (Å²) in [6, 6.07) is 12.3. The van der Waals surface area contributed by atoms with Gasteiger partial charge in [-0.1, -0.05) is 23.8 Å². The summed E-state index contributed by atoms with van der Waals surface area (Å²) < 4.78 is 13.9. The molecule has 0 heterocycles. The van der Waals surface area contributed by atoms with Crippen LogP contribution >= 0.6 is 0 Å². The van der Waals surface area contributed by atoms with Gasteiger partial charge in [0.25, 0.3) is 0 Å². The minimum absolute atomic E-state index is 0.0496. The molecule has 0 amide bonds. The molecule has 0 saturated carbocycles. The molecule has 1 N–H and O–H groups in total. The zero-order valence-corrected chi connectivity index (χ0v) is 11.4. The molecule has 0 fully saturated rings. The predicted molar refractivity (Wildman–Crippen MR) is 76.1 cm³/mol. The van der Waals surface area contributed by atoms with Gasteiger partial charge in [0.05, 0.1) is 6.04 Å². The molecular formula is C16H18FNO. The first-order valence-electron chi connectivity index (χ1n) is 6.27. The van der Waals surface area contributed by atoms with E-state index in [0.717, 1.165) is 11.8 Å². The van der Waals surface area contributed by atoms with E-state index in [2.05, 4.69) is 0 Å². The Bertz CT molecular complexity index is 565. The Kier molecular flexibility index (Phi) is 3.74. The molecule has 2 aromatic rings. The minimum atomic E-state index is -0.383. The van der Waals surface area contributed by atoms with Crippen molar-refractivity contribution in [2.75, 3.05) is 11.9 Å². The van der Waals surface area contributed by atoms with Crippen molar-refractivity contribution >= 4 is 5.69 Å². The van der Waals surface area contributed by atoms with Crippen LogP contribution in [0.5, 0.6) is 5.75 Å². The molecule has 2 rings (SSSR count). The molecule has 0 radical (unpaired) electrons. The predicted octanol–water partition coefficient (Wildman–Crippen LogP) is 4.04. The molecule has 3 heteroatoms. The number of aryl methyl sites for hydroxylation is 1. The highest BCUT2D eigenvalue weighted by Gasteiger charge is 2.16. The number of phenols is 1. The van der Waals surface area contributed by atoms with Crippen LogP contribution in [0.2, 0.25) is 0 Å². The van der Waals surface area contributed by atoms with Crippen LogP contribution < -0.4 is 4.90 Å². The van der Waals surface area contributed by atoms with Gasteiger partial charge in [0.1, 0.15) is 11.6 Å². The maximum absolute atomic E-state index is 13.9. The van der Waals surface area contributed by atoms with E-state index in [0.29, 0.717) is 5.56 Å². The van der Waals surface area contributed by atoms with Crippen LogP contribution in [-0.4, -0.2) is 12.2 Å². The van der Waals surface area contributed by atoms with Crippen molar-refractivity contribution < 1.29 is 9.50 Å². The number of hydrogen-bond acceptors (Lipinski definition) is 2. The van der Waals surface area contributed by atoms with E-state index in [9.17, 15) is 9.50 Å². The summed E-state index contributed by atoms with van der Waals surface area (Å²) in [6.07, 6.45) is 0. The molecule has 100 valence electrons. The lowest BCUT2D eigenvalue weighted by molar-refractivity contribution is 0.466. The second-order valence-electron chi connectivity index (χ2n) is 4.83. The molecule has 0 spiro atoms. The third-order valence-electron chi connectivity index (χ3n) is 3.46. The first-order valence-corrected chi connectivity index (χ1v) is 6.27. The van der Waals surface area contributed by atoms with Crippen molar-refractivity contribution in [3.63, 3.8) is 0 Å². The first-order chi connectivity index (χ1) is 8.99. The average molecular weight is 259 g/mol. The number of hydrogen-bond donors (Lipinski definition) is 1. The molecule has 2 nitrogen and oxygen atoms in total. The maximum Gasteiger partial charge on any atom is 0.132 e. The van der Waals surface area contributed by atoms with Crippen LogP contribution in [0, 0.1) is 12.7 Å². The molecule has 1 atom stereocenters. The van der Waals surface area contributed by atoms with Gasteiger partial charge in [0.15, 0.2) is 0 Å². The van der Waals surface area contributed by atoms with E-state index >= 15 is 0 Å². The summed E-state index contributed by atoms with van der Waals surface area (Å²) in [7, 11) is 1.93. The van der Waals surface area contributed by atoms with Gasteiger partial charge in [-0.2, -0.15) is 0 Å². The van der Waals surface area contributed by atoms with Crippen molar-refractivity contribution in [3.8, 4) is 5.75 Å². The fourth-order valence-corrected chi connectivity index (χ4v) is 2.07. The Labute approximate surface area is 113 Å². The van der Waals surface area contributed by atoms with E-state index in [-0.39, 0.29) is 17.6 Å². The van der Waals surface area contributed by atoms with Crippen LogP contribution in [0.3, 0.4) is 0 Å². The lowest BCUT2D eigenvalue weighted by Crippen LogP contribution is -2.22. The van der Waals surface area contributed by atoms with Crippen molar-refractivity contribution in [1.82, 2.24) is 0 Å². The Morgan fingerprint density at radius 1 is 1.11 bits per heavy atom. The lowest BCUT2D eigenvalue weighted by Gasteiger charge is -2.27. The van der Waals surface area contributed by atoms with Gasteiger partial charge in [-0.15, -0.1) is 0 Å². The number of halogens is 1. The molecule has 0 aromatic heterocycles. The monoisotopic (exact) mass is 259 g/mol. The third kappa shape index (κ3) is 2.87. The standard InChI is InChI=1S/C16H18FNO/c1-11-4-6-13(7-5-11)18(3)12(2)15-9-8-14(19)10-16(15)17/h4-10,12,19H,1-3H3. The van der Waals surface area contributed by atoms with E-state index in [1.807, 2.05) is 50.1 Å². The van der Waals surface area contributed by atoms with Crippen LogP contribution in [-0.2, 0) is 0 Å². The third-order valence-corrected chi connectivity index (χ3v) is 3.46. The van der Waals surface area contributed by atoms with E-state index in [4.69, 9.17) is 0 Å². The molecule has 0 bridgehead atoms. The van der Waals surface area contributed by atoms with Gasteiger partial charge in [-0.25, -0.2) is 4.39 Å². The smallest absolute Gasteiger partial charge is 0.132 e. The molecule has 2 aromatic carbocycles. The number of phenolic OH excluding ortho intramolecular Hbond substituents is 1. The number of aromatic hydroxyl groups is 1. The first kappa shape index (κ1) is 13.4. The van der Waals surface area contributed by atoms with Crippen molar-refractivity contribution in [2.45, 2.75) is 19.9 Å². The molecule has 0 saturated heterocycles. The summed E-state index contributed by atoms with van der Waals surface area (Å²) in [6.45, 7) is 3.97. The van der Waals surface area contributed by atoms with Crippen LogP contribution in [0.15, 0.2) is 42.5 Å². The second kappa shape index (κ2) is 5.31. The van der Waals surface area contributed by atoms with E-state index < -0.39 is 0 Å². The quantitative estimate of drug-likeness (QED) is 0.899. The number of nitrogens with zero attached hydrogens (tertiary/aromatic N) is 1. The molecule has 19 heavy (non-hydrogen) atoms. The van der Waals surface area contributed by atoms with Crippen molar-refractivity contribution in [3.05, 3.63) is 59.4 Å². The molecular weight excluding hydrogens is 241 g/mol. The van der Waals surface area contributed by atoms with Gasteiger partial charge in [0.2, 0.25) is 0 Å². The summed E-state index contributed by atoms with van der Waals surface area (Å²) in [4.78, 5) is 2.01. The van der Waals surface area contributed by atoms with Gasteiger partial charge < -0.3 is 10.0 Å². The number of rotatable bonds is 3. The van der Waals surface area contributed by atoms with Crippen molar-refractivity contribution in [2.24, 2.45) is 0 Å². The van der Waals surface area contributed by atoms with E-state index in [1.54, 1.807) is 6.07 Å². The Morgan fingerprint density at radius 2 is 1.74 bits per heavy atom. The van der Waals surface area contributed by atoms with Crippen LogP contribution in [0.1, 0.15) is 24.1 Å². The Hall–Kier alpha value is -2.03. The Morgan fingerprint density at radius 3 is 2.32 bits per heavy atom. The number of anilines is 1. The van der Waals surface area contributed by atoms with Gasteiger partial charge in [-0.05, 0) is 32.0 Å². The SMILES string of the molecule is Cc1ccc(N(C)C(C)c2ccc(O)cc2F)cc1. The highest BCUT2D eigenvalue weighted by atomic mass is 19.1. The van der Waals surface area contributed by atoms with Crippen molar-refractivity contribution in [1.29, 1.82) is 0 Å². The summed E-state index contributed by atoms with van der Waals surface area (Å²) in [5.41, 5.74) is 2.80. The van der Waals surface area contributed by atoms with Gasteiger partial charge in [0, 0.05) is 24.4 Å². The average Bonchev–Trinajstić information content (AvgIpc) is 2.38. The maximum atomic E-state index is 13.9. The topological polar surface area (TPSA) is 23.5 Å². The molecule has 0 aliphatic heterocycles. The summed E-state index contributed by atoms with van der Waals surface area (Å²) in [5, 5.41) is 9.25. The van der Waals surface area contributed by atoms with Crippen LogP contribution in [0.4, 0.5) is 10.1 Å². The summed E-state index contributed by atoms with van der Waals surface area (Å²) >= 11 is 0. The van der Waals surface area contributed by atoms with Crippen LogP contribution in [0.25, 0.3) is 0 Å². The Balaban J connectivity index is 2.27. The zero-order valence-electron chi connectivity index (χ0n) is 11.4. The minimum Gasteiger partial charge on any atom is -0.508 e. The molecule has 0 aliphatic carbocycles.